The van der Waals surface area contributed by atoms with Gasteiger partial charge in [-0.1, -0.05) is 6.42 Å². The number of likely N-dealkylation sites (tertiary alicyclic amines) is 1. The van der Waals surface area contributed by atoms with Crippen molar-refractivity contribution in [3.05, 3.63) is 0 Å². The van der Waals surface area contributed by atoms with Gasteiger partial charge in [-0.2, -0.15) is 0 Å². The predicted octanol–water partition coefficient (Wildman–Crippen LogP) is 3.51. The number of aliphatic imine (C=N–C) groups is 1. The molecule has 3 rings (SSSR count). The van der Waals surface area contributed by atoms with E-state index in [1.807, 2.05) is 7.05 Å². The maximum atomic E-state index is 5.73. The van der Waals surface area contributed by atoms with E-state index in [1.54, 1.807) is 0 Å². The van der Waals surface area contributed by atoms with Crippen LogP contribution in [-0.2, 0) is 4.74 Å². The minimum absolute atomic E-state index is 0. The van der Waals surface area contributed by atoms with E-state index in [1.165, 1.54) is 32.1 Å². The van der Waals surface area contributed by atoms with Gasteiger partial charge in [-0.3, -0.25) is 4.99 Å². The van der Waals surface area contributed by atoms with Gasteiger partial charge in [-0.25, -0.2) is 0 Å². The van der Waals surface area contributed by atoms with Crippen LogP contribution in [0.2, 0.25) is 0 Å². The maximum Gasteiger partial charge on any atom is 0.193 e. The van der Waals surface area contributed by atoms with Crippen molar-refractivity contribution in [3.63, 3.8) is 0 Å². The highest BCUT2D eigenvalue weighted by Gasteiger charge is 2.38. The van der Waals surface area contributed by atoms with Crippen molar-refractivity contribution in [1.29, 1.82) is 0 Å². The van der Waals surface area contributed by atoms with Crippen molar-refractivity contribution in [2.24, 2.45) is 22.7 Å². The molecule has 3 unspecified atom stereocenters. The SMILES string of the molecule is CCOC1CCN(C(=NC)NCCC2CC3CCC2C3)CC1.I. The number of ether oxygens (including phenoxy) is 1. The summed E-state index contributed by atoms with van der Waals surface area (Å²) in [6.45, 7) is 6.15. The van der Waals surface area contributed by atoms with Gasteiger partial charge in [0.05, 0.1) is 6.10 Å². The average Bonchev–Trinajstić information content (AvgIpc) is 3.16. The minimum atomic E-state index is 0. The first kappa shape index (κ1) is 19.3. The highest BCUT2D eigenvalue weighted by Crippen LogP contribution is 2.49. The zero-order valence-corrected chi connectivity index (χ0v) is 17.1. The molecule has 4 nitrogen and oxygen atoms in total. The topological polar surface area (TPSA) is 36.9 Å². The zero-order valence-electron chi connectivity index (χ0n) is 14.8. The molecular formula is C18H34IN3O. The van der Waals surface area contributed by atoms with E-state index in [4.69, 9.17) is 4.74 Å². The Kier molecular flexibility index (Phi) is 7.92. The lowest BCUT2D eigenvalue weighted by Gasteiger charge is -2.34. The summed E-state index contributed by atoms with van der Waals surface area (Å²) in [6.07, 6.45) is 10.0. The number of guanidine groups is 1. The van der Waals surface area contributed by atoms with Crippen LogP contribution >= 0.6 is 24.0 Å². The third-order valence-electron chi connectivity index (χ3n) is 6.04. The molecular weight excluding hydrogens is 401 g/mol. The molecule has 0 spiro atoms. The van der Waals surface area contributed by atoms with E-state index in [0.717, 1.165) is 62.8 Å². The Morgan fingerprint density at radius 2 is 1.96 bits per heavy atom. The normalized spacial score (nSPS) is 31.3. The zero-order chi connectivity index (χ0) is 15.4. The number of halogens is 1. The van der Waals surface area contributed by atoms with Gasteiger partial charge >= 0.3 is 0 Å². The molecule has 2 bridgehead atoms. The molecule has 3 fully saturated rings. The Hall–Kier alpha value is -0.0400. The first-order valence-electron chi connectivity index (χ1n) is 9.37. The lowest BCUT2D eigenvalue weighted by Crippen LogP contribution is -2.47. The van der Waals surface area contributed by atoms with Crippen molar-refractivity contribution in [3.8, 4) is 0 Å². The molecule has 1 N–H and O–H groups in total. The van der Waals surface area contributed by atoms with Crippen LogP contribution in [0.1, 0.15) is 51.9 Å². The second-order valence-corrected chi connectivity index (χ2v) is 7.34. The van der Waals surface area contributed by atoms with Gasteiger partial charge in [-0.15, -0.1) is 24.0 Å². The summed E-state index contributed by atoms with van der Waals surface area (Å²) >= 11 is 0. The molecule has 0 aromatic carbocycles. The standard InChI is InChI=1S/C18H33N3O.HI/c1-3-22-17-7-10-21(11-8-17)18(19-2)20-9-6-16-13-14-4-5-15(16)12-14;/h14-17H,3-13H2,1-2H3,(H,19,20);1H. The van der Waals surface area contributed by atoms with Gasteiger partial charge in [0.2, 0.25) is 0 Å². The summed E-state index contributed by atoms with van der Waals surface area (Å²) in [6, 6.07) is 0. The van der Waals surface area contributed by atoms with Gasteiger partial charge in [0.1, 0.15) is 0 Å². The summed E-state index contributed by atoms with van der Waals surface area (Å²) in [5, 5.41) is 3.61. The van der Waals surface area contributed by atoms with Crippen LogP contribution in [0.5, 0.6) is 0 Å². The molecule has 0 amide bonds. The average molecular weight is 435 g/mol. The van der Waals surface area contributed by atoms with Gasteiger partial charge in [0.25, 0.3) is 0 Å². The summed E-state index contributed by atoms with van der Waals surface area (Å²) in [4.78, 5) is 6.88. The lowest BCUT2D eigenvalue weighted by atomic mass is 9.86. The highest BCUT2D eigenvalue weighted by molar-refractivity contribution is 14.0. The van der Waals surface area contributed by atoms with Crippen LogP contribution in [0.3, 0.4) is 0 Å². The van der Waals surface area contributed by atoms with Gasteiger partial charge in [0.15, 0.2) is 5.96 Å². The molecule has 2 aliphatic carbocycles. The van der Waals surface area contributed by atoms with E-state index in [2.05, 4.69) is 22.1 Å². The fourth-order valence-electron chi connectivity index (χ4n) is 4.90. The Morgan fingerprint density at radius 3 is 2.52 bits per heavy atom. The van der Waals surface area contributed by atoms with E-state index in [-0.39, 0.29) is 24.0 Å². The largest absolute Gasteiger partial charge is 0.378 e. The van der Waals surface area contributed by atoms with Crippen LogP contribution in [-0.4, -0.2) is 50.3 Å². The Morgan fingerprint density at radius 1 is 1.17 bits per heavy atom. The van der Waals surface area contributed by atoms with E-state index in [0.29, 0.717) is 6.10 Å². The first-order valence-corrected chi connectivity index (χ1v) is 9.37. The third kappa shape index (κ3) is 4.97. The van der Waals surface area contributed by atoms with Crippen LogP contribution < -0.4 is 5.32 Å². The van der Waals surface area contributed by atoms with Crippen LogP contribution in [0, 0.1) is 17.8 Å². The van der Waals surface area contributed by atoms with Crippen molar-refractivity contribution in [2.45, 2.75) is 58.0 Å². The first-order chi connectivity index (χ1) is 10.8. The van der Waals surface area contributed by atoms with Crippen molar-refractivity contribution in [1.82, 2.24) is 10.2 Å². The van der Waals surface area contributed by atoms with Gasteiger partial charge < -0.3 is 15.0 Å². The smallest absolute Gasteiger partial charge is 0.193 e. The number of fused-ring (bicyclic) bond motifs is 2. The highest BCUT2D eigenvalue weighted by atomic mass is 127. The molecule has 2 saturated carbocycles. The summed E-state index contributed by atoms with van der Waals surface area (Å²) in [5.74, 6) is 4.17. The molecule has 3 aliphatic rings. The van der Waals surface area contributed by atoms with Gasteiger partial charge in [-0.05, 0) is 63.2 Å². The van der Waals surface area contributed by atoms with E-state index >= 15 is 0 Å². The molecule has 5 heteroatoms. The molecule has 0 radical (unpaired) electrons. The van der Waals surface area contributed by atoms with Crippen molar-refractivity contribution >= 4 is 29.9 Å². The molecule has 134 valence electrons. The van der Waals surface area contributed by atoms with Crippen LogP contribution in [0.4, 0.5) is 0 Å². The predicted molar refractivity (Wildman–Crippen MR) is 107 cm³/mol. The molecule has 3 atom stereocenters. The third-order valence-corrected chi connectivity index (χ3v) is 6.04. The maximum absolute atomic E-state index is 5.73. The molecule has 23 heavy (non-hydrogen) atoms. The fraction of sp³-hybridized carbons (Fsp3) is 0.944. The molecule has 1 aliphatic heterocycles. The number of nitrogens with one attached hydrogen (secondary N) is 1. The Labute approximate surface area is 158 Å². The van der Waals surface area contributed by atoms with E-state index < -0.39 is 0 Å². The molecule has 0 aromatic rings. The van der Waals surface area contributed by atoms with Crippen molar-refractivity contribution in [2.75, 3.05) is 33.3 Å². The monoisotopic (exact) mass is 435 g/mol. The minimum Gasteiger partial charge on any atom is -0.378 e. The number of nitrogens with zero attached hydrogens (tertiary/aromatic N) is 2. The van der Waals surface area contributed by atoms with Crippen LogP contribution in [0.15, 0.2) is 4.99 Å². The molecule has 1 heterocycles. The summed E-state index contributed by atoms with van der Waals surface area (Å²) in [5.41, 5.74) is 0. The van der Waals surface area contributed by atoms with Gasteiger partial charge in [0, 0.05) is 33.3 Å². The Bertz CT molecular complexity index is 382. The number of piperidine rings is 1. The Balaban J connectivity index is 0.00000192. The lowest BCUT2D eigenvalue weighted by molar-refractivity contribution is 0.0263. The van der Waals surface area contributed by atoms with Crippen LogP contribution in [0.25, 0.3) is 0 Å². The summed E-state index contributed by atoms with van der Waals surface area (Å²) < 4.78 is 5.73. The number of hydrogen-bond donors (Lipinski definition) is 1. The number of rotatable bonds is 5. The fourth-order valence-corrected chi connectivity index (χ4v) is 4.90. The number of hydrogen-bond acceptors (Lipinski definition) is 2. The van der Waals surface area contributed by atoms with Crippen molar-refractivity contribution < 1.29 is 4.74 Å². The quantitative estimate of drug-likeness (QED) is 0.408. The summed E-state index contributed by atoms with van der Waals surface area (Å²) in [7, 11) is 1.91. The second-order valence-electron chi connectivity index (χ2n) is 7.34. The second kappa shape index (κ2) is 9.44. The van der Waals surface area contributed by atoms with E-state index in [9.17, 15) is 0 Å². The molecule has 0 aromatic heterocycles. The molecule has 1 saturated heterocycles.